The van der Waals surface area contributed by atoms with Gasteiger partial charge >= 0.3 is 11.9 Å². The highest BCUT2D eigenvalue weighted by Crippen LogP contribution is 2.29. The number of fused-ring (bicyclic) bond motifs is 1. The minimum atomic E-state index is -4.48. The summed E-state index contributed by atoms with van der Waals surface area (Å²) in [5, 5.41) is 57.6. The monoisotopic (exact) mass is 1500 g/mol. The Hall–Kier alpha value is -7.78. The minimum Gasteiger partial charge on any atom is -0.494 e. The predicted octanol–water partition coefficient (Wildman–Crippen LogP) is -0.241. The number of carbonyl (C=O) groups is 7. The zero-order chi connectivity index (χ0) is 76.4. The van der Waals surface area contributed by atoms with Crippen LogP contribution in [0.4, 0.5) is 5.95 Å². The standard InChI is InChI=1S/C70H108N14O20S/c1-8-57-62(90)49(5)63(91)69(104-57)103-34-22-72-59(86)17-16-54(78-60(87)45-83-28-27-82(9-2)25-23-80(6)24-26-84(30-29-83)46-61(88)89)67(94)73-19-12-32-100-36-38-101-37-35-99-31-11-18-71-58(85)13-10-33-102-51-39-47(3)65(48(4)40-51)105(97,98)79-55(68(95)96)43-76-66(93)53-44-81(7)56-41-50(14-15-52(56)64(53)92)42-77-70-74-20-21-75-70/h6,14-15,20-21,39-41,44,49,54-55,57,62-63,69,79,90-91H,8-13,16-19,22-38,42-43,45-46H2,1-5,7H3,(H,71,85)(H,72,86)(H,73,94)(H,76,93)(H,78,87)(H,88,89)(H,95,96)(H2,74,75,77)/t49?,54-,55?,57?,62?,63?,69?/m1/s1. The number of aromatic amines is 1. The summed E-state index contributed by atoms with van der Waals surface area (Å²) in [5.41, 5.74) is 1.05. The van der Waals surface area contributed by atoms with Crippen LogP contribution in [0.5, 0.6) is 5.75 Å². The number of H-pyrrole nitrogens is 1. The van der Waals surface area contributed by atoms with Crippen molar-refractivity contribution in [2.45, 2.75) is 128 Å². The third-order valence-corrected chi connectivity index (χ3v) is 19.6. The molecule has 2 aliphatic rings. The lowest BCUT2D eigenvalue weighted by atomic mass is 9.90. The fourth-order valence-corrected chi connectivity index (χ4v) is 13.5. The van der Waals surface area contributed by atoms with Crippen molar-refractivity contribution in [3.63, 3.8) is 0 Å². The Labute approximate surface area is 613 Å². The lowest BCUT2D eigenvalue weighted by molar-refractivity contribution is -0.282. The van der Waals surface area contributed by atoms with Gasteiger partial charge in [-0.2, -0.15) is 4.72 Å². The molecule has 0 spiro atoms. The molecule has 0 aliphatic carbocycles. The van der Waals surface area contributed by atoms with Gasteiger partial charge in [0.25, 0.3) is 5.91 Å². The van der Waals surface area contributed by atoms with Gasteiger partial charge in [-0.3, -0.25) is 53.1 Å². The van der Waals surface area contributed by atoms with E-state index in [2.05, 4.69) is 51.5 Å². The molecular formula is C70H108N14O20S. The molecule has 2 fully saturated rings. The van der Waals surface area contributed by atoms with Gasteiger partial charge in [0.1, 0.15) is 29.5 Å². The lowest BCUT2D eigenvalue weighted by Gasteiger charge is -2.41. The number of likely N-dealkylation sites (N-methyl/N-ethyl adjacent to an activating group) is 1. The van der Waals surface area contributed by atoms with Gasteiger partial charge in [0, 0.05) is 155 Å². The van der Waals surface area contributed by atoms with E-state index >= 15 is 0 Å². The minimum absolute atomic E-state index is 0.00577. The molecule has 105 heavy (non-hydrogen) atoms. The number of aliphatic carboxylic acids is 2. The Kier molecular flexibility index (Phi) is 36.9. The molecule has 2 aromatic carbocycles. The first-order valence-corrected chi connectivity index (χ1v) is 37.2. The van der Waals surface area contributed by atoms with Crippen LogP contribution >= 0.6 is 0 Å². The van der Waals surface area contributed by atoms with Crippen molar-refractivity contribution in [3.05, 3.63) is 88.4 Å². The molecule has 2 aromatic heterocycles. The second kappa shape index (κ2) is 45.0. The third kappa shape index (κ3) is 29.5. The average Bonchev–Trinajstić information content (AvgIpc) is 1.55. The first kappa shape index (κ1) is 86.1. The number of nitrogens with one attached hydrogen (secondary N) is 8. The second-order valence-electron chi connectivity index (χ2n) is 26.0. The molecule has 34 nitrogen and oxygen atoms in total. The van der Waals surface area contributed by atoms with Crippen molar-refractivity contribution in [3.8, 4) is 5.75 Å². The molecule has 2 radical (unpaired) electrons. The smallest absolute Gasteiger partial charge is 0.323 e. The molecule has 2 aliphatic heterocycles. The molecule has 2 saturated heterocycles. The summed E-state index contributed by atoms with van der Waals surface area (Å²) in [7, 11) is 3.38. The number of sulfonamides is 1. The van der Waals surface area contributed by atoms with Crippen molar-refractivity contribution in [2.75, 3.05) is 156 Å². The summed E-state index contributed by atoms with van der Waals surface area (Å²) in [6.45, 7) is 15.5. The number of aliphatic hydroxyl groups excluding tert-OH is 2. The van der Waals surface area contributed by atoms with Gasteiger partial charge in [-0.25, -0.2) is 13.4 Å². The zero-order valence-corrected chi connectivity index (χ0v) is 61.9. The molecule has 7 atom stereocenters. The van der Waals surface area contributed by atoms with E-state index in [0.29, 0.717) is 128 Å². The van der Waals surface area contributed by atoms with Gasteiger partial charge in [-0.05, 0) is 93.5 Å². The van der Waals surface area contributed by atoms with Crippen molar-refractivity contribution >= 4 is 68.3 Å². The van der Waals surface area contributed by atoms with Crippen LogP contribution in [0.1, 0.15) is 92.8 Å². The van der Waals surface area contributed by atoms with E-state index in [1.54, 1.807) is 58.9 Å². The maximum Gasteiger partial charge on any atom is 0.323 e. The summed E-state index contributed by atoms with van der Waals surface area (Å²) in [6.07, 6.45) is 3.05. The summed E-state index contributed by atoms with van der Waals surface area (Å²) < 4.78 is 65.4. The number of imidazole rings is 1. The number of carboxylic acid groups (broad SMARTS) is 2. The second-order valence-corrected chi connectivity index (χ2v) is 27.6. The van der Waals surface area contributed by atoms with E-state index in [4.69, 9.17) is 35.5 Å². The van der Waals surface area contributed by atoms with E-state index in [1.165, 1.54) is 32.2 Å². The Bertz CT molecular complexity index is 3570. The molecular weight excluding hydrogens is 1390 g/mol. The van der Waals surface area contributed by atoms with Crippen LogP contribution in [-0.2, 0) is 76.1 Å². The quantitative estimate of drug-likeness (QED) is 0.0254. The van der Waals surface area contributed by atoms with Gasteiger partial charge in [0.15, 0.2) is 12.2 Å². The number of aromatic nitrogens is 3. The largest absolute Gasteiger partial charge is 0.494 e. The molecule has 0 saturated carbocycles. The number of benzene rings is 2. The van der Waals surface area contributed by atoms with Crippen molar-refractivity contribution in [2.24, 2.45) is 13.0 Å². The summed E-state index contributed by atoms with van der Waals surface area (Å²) in [6, 6.07) is 5.20. The predicted molar refractivity (Wildman–Crippen MR) is 386 cm³/mol. The van der Waals surface area contributed by atoms with E-state index in [-0.39, 0.29) is 111 Å². The van der Waals surface area contributed by atoms with Crippen LogP contribution in [0, 0.1) is 26.8 Å². The molecule has 0 bridgehead atoms. The topological polar surface area (TPSA) is 438 Å². The van der Waals surface area contributed by atoms with E-state index in [1.807, 2.05) is 18.7 Å². The number of anilines is 1. The van der Waals surface area contributed by atoms with Crippen molar-refractivity contribution in [1.29, 1.82) is 0 Å². The Morgan fingerprint density at radius 1 is 0.733 bits per heavy atom. The Morgan fingerprint density at radius 2 is 1.35 bits per heavy atom. The maximum atomic E-state index is 13.8. The van der Waals surface area contributed by atoms with E-state index in [0.717, 1.165) is 12.1 Å². The maximum absolute atomic E-state index is 13.8. The zero-order valence-electron chi connectivity index (χ0n) is 61.1. The molecule has 6 rings (SSSR count). The van der Waals surface area contributed by atoms with Gasteiger partial charge < -0.3 is 95.2 Å². The number of carbonyl (C=O) groups excluding carboxylic acids is 5. The van der Waals surface area contributed by atoms with Gasteiger partial charge in [-0.15, -0.1) is 0 Å². The molecule has 584 valence electrons. The average molecular weight is 1500 g/mol. The Morgan fingerprint density at radius 3 is 1.99 bits per heavy atom. The van der Waals surface area contributed by atoms with E-state index in [9.17, 15) is 67.2 Å². The van der Waals surface area contributed by atoms with Crippen LogP contribution in [0.15, 0.2) is 58.6 Å². The number of nitrogens with zero attached hydrogens (tertiary/aromatic N) is 6. The normalized spacial score (nSPS) is 18.8. The lowest BCUT2D eigenvalue weighted by Crippen LogP contribution is -2.54. The number of pyridine rings is 1. The van der Waals surface area contributed by atoms with Crippen LogP contribution < -0.4 is 46.8 Å². The number of aliphatic hydroxyl groups is 2. The first-order chi connectivity index (χ1) is 50.3. The summed E-state index contributed by atoms with van der Waals surface area (Å²) >= 11 is 0. The van der Waals surface area contributed by atoms with Crippen LogP contribution in [0.25, 0.3) is 10.9 Å². The number of amides is 5. The fourth-order valence-electron chi connectivity index (χ4n) is 11.9. The number of ether oxygens (including phenoxy) is 6. The summed E-state index contributed by atoms with van der Waals surface area (Å²) in [4.78, 5) is 118. The van der Waals surface area contributed by atoms with Crippen molar-refractivity contribution < 1.29 is 90.8 Å². The van der Waals surface area contributed by atoms with E-state index < -0.39 is 100 Å². The highest BCUT2D eigenvalue weighted by Gasteiger charge is 2.42. The summed E-state index contributed by atoms with van der Waals surface area (Å²) in [5.74, 6) is -4.55. The Balaban J connectivity index is 0.831. The highest BCUT2D eigenvalue weighted by molar-refractivity contribution is 7.89. The van der Waals surface area contributed by atoms with Gasteiger partial charge in [0.2, 0.25) is 39.1 Å². The molecule has 12 N–H and O–H groups in total. The number of hydrogen-bond donors (Lipinski definition) is 12. The number of hydrogen-bond acceptors (Lipinski definition) is 24. The first-order valence-electron chi connectivity index (χ1n) is 35.7. The van der Waals surface area contributed by atoms with Crippen molar-refractivity contribution in [1.82, 2.24) is 65.4 Å². The number of aryl methyl sites for hydroxylation is 3. The van der Waals surface area contributed by atoms with Crippen LogP contribution in [-0.4, -0.2) is 292 Å². The molecule has 5 amide bonds. The van der Waals surface area contributed by atoms with Crippen LogP contribution in [0.3, 0.4) is 0 Å². The van der Waals surface area contributed by atoms with Gasteiger partial charge in [0.05, 0.1) is 75.4 Å². The highest BCUT2D eigenvalue weighted by atomic mass is 32.2. The number of carboxylic acids is 2. The molecule has 6 unspecified atom stereocenters. The molecule has 4 heterocycles. The van der Waals surface area contributed by atoms with Crippen LogP contribution in [0.2, 0.25) is 0 Å². The third-order valence-electron chi connectivity index (χ3n) is 17.8. The number of rotatable bonds is 44. The SMILES string of the molecule is [CH]N1CCN(CC)CCN(CC(=O)N[C@H](CCC(=O)NCCOC2OC(CC)C(O)C(C)C2O)C(=O)NCCCOCCOCCOCCCNC(=O)CCCOc2cc(C)c(S(=O)(=O)NC(CNC(=O)c3cn(C)c4cc(CNc5ncc[nH]5)ccc4c3=O)C(=O)O)c(C)c2)CCN(CC(=O)O)CC1. The van der Waals surface area contributed by atoms with Gasteiger partial charge in [-0.1, -0.05) is 26.8 Å². The molecule has 4 aromatic rings. The molecule has 35 heteroatoms. The fraction of sp³-hybridized carbons (Fsp3) is 0.629.